The number of alkyl halides is 1. The lowest BCUT2D eigenvalue weighted by Gasteiger charge is -2.31. The topological polar surface area (TPSA) is 55.2 Å². The third-order valence-electron chi connectivity index (χ3n) is 8.02. The first kappa shape index (κ1) is 24.0. The van der Waals surface area contributed by atoms with E-state index in [0.29, 0.717) is 35.3 Å². The van der Waals surface area contributed by atoms with Crippen molar-refractivity contribution in [3.63, 3.8) is 0 Å². The number of fused-ring (bicyclic) bond motifs is 1. The van der Waals surface area contributed by atoms with Crippen LogP contribution in [0.3, 0.4) is 0 Å². The number of aryl methyl sites for hydroxylation is 2. The van der Waals surface area contributed by atoms with Gasteiger partial charge in [-0.25, -0.2) is 8.96 Å². The highest BCUT2D eigenvalue weighted by molar-refractivity contribution is 5.84. The van der Waals surface area contributed by atoms with E-state index in [1.807, 2.05) is 53.8 Å². The molecule has 0 bridgehead atoms. The third kappa shape index (κ3) is 4.61. The van der Waals surface area contributed by atoms with Crippen molar-refractivity contribution >= 4 is 11.0 Å². The number of likely N-dealkylation sites (tertiary alicyclic amines) is 1. The number of piperidine rings is 1. The Bertz CT molecular complexity index is 1520. The lowest BCUT2D eigenvalue weighted by atomic mass is 9.77. The molecule has 1 aliphatic heterocycles. The molecule has 0 N–H and O–H groups in total. The quantitative estimate of drug-likeness (QED) is 0.352. The molecule has 2 aromatic carbocycles. The normalized spacial score (nSPS) is 22.3. The fourth-order valence-corrected chi connectivity index (χ4v) is 6.02. The van der Waals surface area contributed by atoms with E-state index in [0.717, 1.165) is 47.6 Å². The molecule has 37 heavy (non-hydrogen) atoms. The number of hydrogen-bond acceptors (Lipinski definition) is 4. The van der Waals surface area contributed by atoms with E-state index in [1.165, 1.54) is 12.8 Å². The van der Waals surface area contributed by atoms with Gasteiger partial charge in [-0.3, -0.25) is 9.69 Å². The first-order valence-electron chi connectivity index (χ1n) is 13.3. The standard InChI is InChI=1S/C30H34FN4O2/c1-19-5-4-8-34(14-19)15-21-9-20(2)30-26(10-21)29(36)27(16-37-30)22-6-7-28(35-18-33(3)17-32-35)25(13-22)23-11-24(31)12-23/h6-7,9-10,13,16-19,23-24H,4-5,8,11-12,14-15H2,1-3H3/q+1/t19-,23-,24+/m0/s1. The van der Waals surface area contributed by atoms with Crippen molar-refractivity contribution in [2.45, 2.75) is 58.2 Å². The molecular weight excluding hydrogens is 467 g/mol. The maximum Gasteiger partial charge on any atom is 0.271 e. The predicted molar refractivity (Wildman–Crippen MR) is 142 cm³/mol. The Morgan fingerprint density at radius 2 is 2.05 bits per heavy atom. The van der Waals surface area contributed by atoms with Crippen LogP contribution in [0.4, 0.5) is 4.39 Å². The molecule has 6 rings (SSSR count). The average molecular weight is 502 g/mol. The molecule has 0 amide bonds. The maximum absolute atomic E-state index is 13.8. The van der Waals surface area contributed by atoms with Gasteiger partial charge in [-0.1, -0.05) is 13.0 Å². The Morgan fingerprint density at radius 1 is 1.22 bits per heavy atom. The lowest BCUT2D eigenvalue weighted by molar-refractivity contribution is -0.658. The van der Waals surface area contributed by atoms with Crippen LogP contribution in [-0.4, -0.2) is 33.8 Å². The summed E-state index contributed by atoms with van der Waals surface area (Å²) in [7, 11) is 1.92. The van der Waals surface area contributed by atoms with Gasteiger partial charge in [0, 0.05) is 18.7 Å². The molecule has 1 atom stereocenters. The van der Waals surface area contributed by atoms with Crippen LogP contribution in [0.25, 0.3) is 27.8 Å². The fraction of sp³-hybridized carbons (Fsp3) is 0.433. The Hall–Kier alpha value is -3.32. The van der Waals surface area contributed by atoms with Crippen molar-refractivity contribution in [2.24, 2.45) is 13.0 Å². The molecule has 4 aromatic rings. The molecule has 2 aromatic heterocycles. The molecule has 6 nitrogen and oxygen atoms in total. The van der Waals surface area contributed by atoms with E-state index in [2.05, 4.69) is 23.0 Å². The van der Waals surface area contributed by atoms with Gasteiger partial charge in [0.15, 0.2) is 5.69 Å². The van der Waals surface area contributed by atoms with E-state index in [9.17, 15) is 9.18 Å². The van der Waals surface area contributed by atoms with E-state index in [4.69, 9.17) is 4.42 Å². The smallest absolute Gasteiger partial charge is 0.271 e. The van der Waals surface area contributed by atoms with Crippen molar-refractivity contribution in [2.75, 3.05) is 13.1 Å². The van der Waals surface area contributed by atoms with Gasteiger partial charge in [0.1, 0.15) is 18.0 Å². The molecule has 192 valence electrons. The Morgan fingerprint density at radius 3 is 2.78 bits per heavy atom. The summed E-state index contributed by atoms with van der Waals surface area (Å²) in [5, 5.41) is 5.06. The SMILES string of the molecule is Cc1cc(CN2CCC[C@H](C)C2)cc2c(=O)c(-c3ccc(-[n+]4cn(C)cn4)c([C@H]4C[C@@H](F)C4)c3)coc12. The van der Waals surface area contributed by atoms with Crippen molar-refractivity contribution in [3.8, 4) is 16.8 Å². The van der Waals surface area contributed by atoms with Crippen molar-refractivity contribution in [1.29, 1.82) is 0 Å². The molecule has 3 heterocycles. The van der Waals surface area contributed by atoms with Gasteiger partial charge < -0.3 is 4.42 Å². The zero-order chi connectivity index (χ0) is 25.7. The highest BCUT2D eigenvalue weighted by Gasteiger charge is 2.34. The molecule has 7 heteroatoms. The molecule has 0 unspecified atom stereocenters. The summed E-state index contributed by atoms with van der Waals surface area (Å²) >= 11 is 0. The average Bonchev–Trinajstić information content (AvgIpc) is 3.28. The second kappa shape index (κ2) is 9.53. The molecule has 0 spiro atoms. The van der Waals surface area contributed by atoms with Crippen molar-refractivity contribution < 1.29 is 13.5 Å². The zero-order valence-corrected chi connectivity index (χ0v) is 21.8. The molecule has 0 radical (unpaired) electrons. The van der Waals surface area contributed by atoms with Gasteiger partial charge in [0.05, 0.1) is 18.0 Å². The number of rotatable bonds is 5. The van der Waals surface area contributed by atoms with Crippen LogP contribution in [0.5, 0.6) is 0 Å². The maximum atomic E-state index is 13.8. The van der Waals surface area contributed by atoms with Gasteiger partial charge in [-0.05, 0) is 97.0 Å². The molecule has 1 aliphatic carbocycles. The van der Waals surface area contributed by atoms with Gasteiger partial charge in [-0.2, -0.15) is 0 Å². The van der Waals surface area contributed by atoms with Crippen molar-refractivity contribution in [3.05, 3.63) is 76.2 Å². The van der Waals surface area contributed by atoms with Gasteiger partial charge >= 0.3 is 0 Å². The van der Waals surface area contributed by atoms with Crippen LogP contribution in [0.1, 0.15) is 55.2 Å². The van der Waals surface area contributed by atoms with Crippen molar-refractivity contribution in [1.82, 2.24) is 14.6 Å². The third-order valence-corrected chi connectivity index (χ3v) is 8.02. The second-order valence-electron chi connectivity index (χ2n) is 11.1. The summed E-state index contributed by atoms with van der Waals surface area (Å²) in [6.07, 6.45) is 7.92. The number of nitrogens with zero attached hydrogens (tertiary/aromatic N) is 4. The highest BCUT2D eigenvalue weighted by atomic mass is 19.1. The molecular formula is C30H34FN4O2+. The summed E-state index contributed by atoms with van der Waals surface area (Å²) in [5.41, 5.74) is 6.00. The van der Waals surface area contributed by atoms with E-state index in [-0.39, 0.29) is 11.3 Å². The number of aromatic nitrogens is 3. The zero-order valence-electron chi connectivity index (χ0n) is 21.8. The number of halogens is 1. The van der Waals surface area contributed by atoms with Gasteiger partial charge in [-0.15, -0.1) is 4.68 Å². The van der Waals surface area contributed by atoms with E-state index in [1.54, 1.807) is 12.6 Å². The minimum absolute atomic E-state index is 0.0284. The van der Waals surface area contributed by atoms with Gasteiger partial charge in [0.2, 0.25) is 11.8 Å². The number of benzene rings is 2. The summed E-state index contributed by atoms with van der Waals surface area (Å²) in [4.78, 5) is 16.3. The van der Waals surface area contributed by atoms with E-state index < -0.39 is 6.17 Å². The minimum atomic E-state index is -0.773. The molecule has 1 saturated carbocycles. The van der Waals surface area contributed by atoms with Crippen LogP contribution in [0.2, 0.25) is 0 Å². The molecule has 1 saturated heterocycles. The van der Waals surface area contributed by atoms with Crippen LogP contribution < -0.4 is 10.1 Å². The monoisotopic (exact) mass is 501 g/mol. The largest absolute Gasteiger partial charge is 0.463 e. The van der Waals surface area contributed by atoms with Crippen LogP contribution in [0, 0.1) is 12.8 Å². The first-order chi connectivity index (χ1) is 17.9. The molecule has 2 aliphatic rings. The summed E-state index contributed by atoms with van der Waals surface area (Å²) in [6.45, 7) is 7.35. The summed E-state index contributed by atoms with van der Waals surface area (Å²) < 4.78 is 23.6. The first-order valence-corrected chi connectivity index (χ1v) is 13.3. The minimum Gasteiger partial charge on any atom is -0.463 e. The summed E-state index contributed by atoms with van der Waals surface area (Å²) in [6, 6.07) is 10.1. The van der Waals surface area contributed by atoms with Crippen LogP contribution >= 0.6 is 0 Å². The summed E-state index contributed by atoms with van der Waals surface area (Å²) in [5.74, 6) is 0.810. The Labute approximate surface area is 216 Å². The second-order valence-corrected chi connectivity index (χ2v) is 11.1. The number of hydrogen-bond donors (Lipinski definition) is 0. The van der Waals surface area contributed by atoms with E-state index >= 15 is 0 Å². The lowest BCUT2D eigenvalue weighted by Crippen LogP contribution is -2.35. The fourth-order valence-electron chi connectivity index (χ4n) is 6.02. The highest BCUT2D eigenvalue weighted by Crippen LogP contribution is 2.41. The Kier molecular flexibility index (Phi) is 6.19. The van der Waals surface area contributed by atoms with Crippen LogP contribution in [0.15, 0.2) is 58.5 Å². The van der Waals surface area contributed by atoms with Gasteiger partial charge in [0.25, 0.3) is 6.33 Å². The van der Waals surface area contributed by atoms with Crippen LogP contribution in [-0.2, 0) is 13.6 Å². The Balaban J connectivity index is 1.40. The molecule has 2 fully saturated rings. The predicted octanol–water partition coefficient (Wildman–Crippen LogP) is 5.23.